The smallest absolute Gasteiger partial charge is 0.171 e. The van der Waals surface area contributed by atoms with Gasteiger partial charge in [0, 0.05) is 28.9 Å². The predicted octanol–water partition coefficient (Wildman–Crippen LogP) is 3.72. The lowest BCUT2D eigenvalue weighted by Crippen LogP contribution is -2.13. The van der Waals surface area contributed by atoms with Crippen LogP contribution in [0.1, 0.15) is 22.7 Å². The van der Waals surface area contributed by atoms with Gasteiger partial charge in [-0.3, -0.25) is 9.38 Å². The van der Waals surface area contributed by atoms with Gasteiger partial charge in [-0.05, 0) is 37.3 Å². The molecular weight excluding hydrogens is 385 g/mol. The molecular formula is C22H18FN5O2. The normalized spacial score (nSPS) is 17.1. The highest BCUT2D eigenvalue weighted by Gasteiger charge is 2.31. The third-order valence-electron chi connectivity index (χ3n) is 5.68. The summed E-state index contributed by atoms with van der Waals surface area (Å²) >= 11 is 0. The number of benzene rings is 1. The van der Waals surface area contributed by atoms with Gasteiger partial charge in [0.05, 0.1) is 24.8 Å². The lowest BCUT2D eigenvalue weighted by molar-refractivity contribution is 0.249. The van der Waals surface area contributed by atoms with Crippen LogP contribution < -0.4 is 14.8 Å². The highest BCUT2D eigenvalue weighted by atomic mass is 19.1. The molecule has 2 aliphatic heterocycles. The van der Waals surface area contributed by atoms with Crippen LogP contribution in [0.4, 0.5) is 10.2 Å². The van der Waals surface area contributed by atoms with Crippen LogP contribution in [0.25, 0.3) is 16.9 Å². The second-order valence-electron chi connectivity index (χ2n) is 7.57. The fraction of sp³-hybridized carbons (Fsp3) is 0.227. The van der Waals surface area contributed by atoms with Gasteiger partial charge in [-0.25, -0.2) is 4.39 Å². The summed E-state index contributed by atoms with van der Waals surface area (Å²) in [5.41, 5.74) is 4.68. The number of fused-ring (bicyclic) bond motifs is 3. The van der Waals surface area contributed by atoms with Crippen LogP contribution >= 0.6 is 0 Å². The van der Waals surface area contributed by atoms with Crippen molar-refractivity contribution in [1.29, 1.82) is 0 Å². The first-order valence-corrected chi connectivity index (χ1v) is 9.80. The first-order chi connectivity index (χ1) is 14.7. The Hall–Kier alpha value is -3.68. The first kappa shape index (κ1) is 17.2. The van der Waals surface area contributed by atoms with Gasteiger partial charge in [-0.2, -0.15) is 0 Å². The van der Waals surface area contributed by atoms with E-state index in [0.717, 1.165) is 28.3 Å². The largest absolute Gasteiger partial charge is 0.493 e. The first-order valence-electron chi connectivity index (χ1n) is 9.80. The molecule has 0 fully saturated rings. The van der Waals surface area contributed by atoms with E-state index in [1.165, 1.54) is 6.07 Å². The summed E-state index contributed by atoms with van der Waals surface area (Å²) in [4.78, 5) is 4.64. The molecule has 7 nitrogen and oxygen atoms in total. The number of aryl methyl sites for hydroxylation is 1. The number of pyridine rings is 2. The molecule has 0 saturated carbocycles. The zero-order chi connectivity index (χ0) is 20.2. The molecule has 0 spiro atoms. The van der Waals surface area contributed by atoms with E-state index in [4.69, 9.17) is 9.47 Å². The average Bonchev–Trinajstić information content (AvgIpc) is 3.39. The number of ether oxygens (including phenoxy) is 2. The average molecular weight is 403 g/mol. The molecule has 0 aliphatic carbocycles. The minimum Gasteiger partial charge on any atom is -0.493 e. The lowest BCUT2D eigenvalue weighted by Gasteiger charge is -2.16. The molecule has 5 heterocycles. The van der Waals surface area contributed by atoms with Crippen molar-refractivity contribution >= 4 is 11.5 Å². The number of halogens is 1. The summed E-state index contributed by atoms with van der Waals surface area (Å²) in [6.07, 6.45) is 1.63. The van der Waals surface area contributed by atoms with E-state index in [-0.39, 0.29) is 11.7 Å². The Balaban J connectivity index is 1.52. The van der Waals surface area contributed by atoms with Crippen molar-refractivity contribution in [2.75, 3.05) is 18.5 Å². The van der Waals surface area contributed by atoms with Crippen molar-refractivity contribution in [1.82, 2.24) is 19.6 Å². The quantitative estimate of drug-likeness (QED) is 0.522. The summed E-state index contributed by atoms with van der Waals surface area (Å²) in [5.74, 6) is 1.77. The zero-order valence-corrected chi connectivity index (χ0v) is 16.2. The van der Waals surface area contributed by atoms with Crippen molar-refractivity contribution in [2.45, 2.75) is 19.4 Å². The van der Waals surface area contributed by atoms with Crippen LogP contribution in [0.15, 0.2) is 42.7 Å². The minimum absolute atomic E-state index is 0.0318. The molecule has 8 heteroatoms. The molecule has 6 rings (SSSR count). The number of aromatic nitrogens is 4. The molecule has 2 aliphatic rings. The molecule has 0 unspecified atom stereocenters. The third-order valence-corrected chi connectivity index (χ3v) is 5.68. The van der Waals surface area contributed by atoms with E-state index in [9.17, 15) is 4.39 Å². The van der Waals surface area contributed by atoms with Crippen molar-refractivity contribution < 1.29 is 13.9 Å². The number of rotatable bonds is 1. The van der Waals surface area contributed by atoms with E-state index in [2.05, 4.69) is 20.5 Å². The molecule has 1 aromatic carbocycles. The van der Waals surface area contributed by atoms with Gasteiger partial charge >= 0.3 is 0 Å². The van der Waals surface area contributed by atoms with Gasteiger partial charge in [0.2, 0.25) is 0 Å². The Kier molecular flexibility index (Phi) is 3.68. The van der Waals surface area contributed by atoms with Crippen LogP contribution in [0.3, 0.4) is 0 Å². The van der Waals surface area contributed by atoms with Crippen LogP contribution in [0, 0.1) is 12.7 Å². The maximum absolute atomic E-state index is 14.7. The second-order valence-corrected chi connectivity index (χ2v) is 7.57. The molecule has 0 bridgehead atoms. The molecule has 4 aromatic rings. The van der Waals surface area contributed by atoms with Crippen LogP contribution in [0.2, 0.25) is 0 Å². The maximum atomic E-state index is 14.7. The monoisotopic (exact) mass is 403 g/mol. The van der Waals surface area contributed by atoms with E-state index in [0.29, 0.717) is 42.5 Å². The van der Waals surface area contributed by atoms with Gasteiger partial charge in [0.15, 0.2) is 17.2 Å². The molecule has 3 aromatic heterocycles. The number of hydrogen-bond acceptors (Lipinski definition) is 6. The second kappa shape index (κ2) is 6.41. The standard InChI is InChI=1S/C22H18FN5O2/c1-12-3-2-4-17(26-12)14-7-19-22(28-11-25-27-21(14)28)24-8-15-16(23)5-6-18-20(15)13(9-29-18)10-30-19/h2-7,11,13,24H,8-10H2,1H3/t13-/m1/s1. The van der Waals surface area contributed by atoms with Crippen molar-refractivity contribution in [3.05, 3.63) is 65.4 Å². The summed E-state index contributed by atoms with van der Waals surface area (Å²) in [6, 6.07) is 10.9. The van der Waals surface area contributed by atoms with E-state index < -0.39 is 0 Å². The van der Waals surface area contributed by atoms with Gasteiger partial charge < -0.3 is 14.8 Å². The Morgan fingerprint density at radius 3 is 2.87 bits per heavy atom. The van der Waals surface area contributed by atoms with E-state index in [1.54, 1.807) is 12.4 Å². The van der Waals surface area contributed by atoms with Crippen LogP contribution in [0.5, 0.6) is 11.5 Å². The summed E-state index contributed by atoms with van der Waals surface area (Å²) in [7, 11) is 0. The Labute approximate surface area is 171 Å². The van der Waals surface area contributed by atoms with Gasteiger partial charge in [-0.1, -0.05) is 6.07 Å². The van der Waals surface area contributed by atoms with Gasteiger partial charge in [-0.15, -0.1) is 10.2 Å². The molecule has 1 N–H and O–H groups in total. The highest BCUT2D eigenvalue weighted by Crippen LogP contribution is 2.41. The SMILES string of the molecule is Cc1cccc(-c2cc3c(n4cnnc24)NCc2c(F)ccc4c2[C@H](CO4)CO3)n1. The maximum Gasteiger partial charge on any atom is 0.171 e. The van der Waals surface area contributed by atoms with Crippen molar-refractivity contribution in [2.24, 2.45) is 0 Å². The lowest BCUT2D eigenvalue weighted by atomic mass is 9.96. The van der Waals surface area contributed by atoms with Crippen LogP contribution in [-0.2, 0) is 6.54 Å². The zero-order valence-electron chi connectivity index (χ0n) is 16.2. The fourth-order valence-electron chi connectivity index (χ4n) is 4.27. The molecule has 150 valence electrons. The van der Waals surface area contributed by atoms with E-state index >= 15 is 0 Å². The highest BCUT2D eigenvalue weighted by molar-refractivity contribution is 5.80. The topological polar surface area (TPSA) is 73.6 Å². The molecule has 30 heavy (non-hydrogen) atoms. The van der Waals surface area contributed by atoms with E-state index in [1.807, 2.05) is 35.6 Å². The Morgan fingerprint density at radius 2 is 2.00 bits per heavy atom. The molecule has 0 radical (unpaired) electrons. The molecule has 1 atom stereocenters. The van der Waals surface area contributed by atoms with Crippen molar-refractivity contribution in [3.63, 3.8) is 0 Å². The number of nitrogens with zero attached hydrogens (tertiary/aromatic N) is 4. The molecule has 0 saturated heterocycles. The summed E-state index contributed by atoms with van der Waals surface area (Å²) < 4.78 is 28.5. The Bertz CT molecular complexity index is 1300. The fourth-order valence-corrected chi connectivity index (χ4v) is 4.27. The molecule has 0 amide bonds. The minimum atomic E-state index is -0.249. The number of nitrogens with one attached hydrogen (secondary N) is 1. The van der Waals surface area contributed by atoms with Gasteiger partial charge in [0.25, 0.3) is 0 Å². The Morgan fingerprint density at radius 1 is 1.13 bits per heavy atom. The summed E-state index contributed by atoms with van der Waals surface area (Å²) in [6.45, 7) is 3.11. The van der Waals surface area contributed by atoms with Gasteiger partial charge in [0.1, 0.15) is 17.9 Å². The van der Waals surface area contributed by atoms with Crippen molar-refractivity contribution in [3.8, 4) is 22.8 Å². The number of hydrogen-bond donors (Lipinski definition) is 1. The predicted molar refractivity (Wildman–Crippen MR) is 108 cm³/mol. The summed E-state index contributed by atoms with van der Waals surface area (Å²) in [5, 5.41) is 11.7. The number of anilines is 1. The third kappa shape index (κ3) is 2.53. The van der Waals surface area contributed by atoms with Crippen LogP contribution in [-0.4, -0.2) is 32.8 Å².